The molecule has 3 amide bonds. The van der Waals surface area contributed by atoms with E-state index in [1.807, 2.05) is 24.3 Å². The largest absolute Gasteiger partial charge is 0.484 e. The fraction of sp³-hybridized carbons (Fsp3) is 0.200. The highest BCUT2D eigenvalue weighted by Crippen LogP contribution is 2.24. The molecule has 3 aromatic rings. The number of benzene rings is 3. The fourth-order valence-electron chi connectivity index (χ4n) is 3.59. The van der Waals surface area contributed by atoms with Crippen LogP contribution in [0.2, 0.25) is 0 Å². The highest BCUT2D eigenvalue weighted by Gasteiger charge is 2.27. The molecule has 0 aliphatic carbocycles. The topological polar surface area (TPSA) is 61.9 Å². The molecule has 1 aliphatic heterocycles. The van der Waals surface area contributed by atoms with Gasteiger partial charge >= 0.3 is 6.03 Å². The highest BCUT2D eigenvalue weighted by atomic mass is 19.1. The quantitative estimate of drug-likeness (QED) is 0.589. The molecule has 0 atom stereocenters. The minimum Gasteiger partial charge on any atom is -0.484 e. The van der Waals surface area contributed by atoms with Crippen molar-refractivity contribution in [3.05, 3.63) is 90.2 Å². The number of carbonyl (C=O) groups excluding carboxylic acids is 2. The van der Waals surface area contributed by atoms with E-state index >= 15 is 0 Å². The van der Waals surface area contributed by atoms with Crippen molar-refractivity contribution in [3.63, 3.8) is 0 Å². The number of hydrogen-bond donors (Lipinski definition) is 1. The van der Waals surface area contributed by atoms with Gasteiger partial charge in [0, 0.05) is 31.0 Å². The van der Waals surface area contributed by atoms with Crippen LogP contribution in [0.4, 0.5) is 20.6 Å². The van der Waals surface area contributed by atoms with Gasteiger partial charge in [-0.25, -0.2) is 9.18 Å². The number of nitrogens with one attached hydrogen (secondary N) is 1. The van der Waals surface area contributed by atoms with Crippen LogP contribution < -0.4 is 15.0 Å². The Hall–Kier alpha value is -3.87. The molecule has 4 rings (SSSR count). The Labute approximate surface area is 186 Å². The smallest absolute Gasteiger partial charge is 0.324 e. The monoisotopic (exact) mass is 433 g/mol. The van der Waals surface area contributed by atoms with Crippen molar-refractivity contribution in [2.24, 2.45) is 0 Å². The summed E-state index contributed by atoms with van der Waals surface area (Å²) in [6, 6.07) is 22.4. The minimum atomic E-state index is -0.298. The predicted molar refractivity (Wildman–Crippen MR) is 121 cm³/mol. The lowest BCUT2D eigenvalue weighted by molar-refractivity contribution is -0.118. The summed E-state index contributed by atoms with van der Waals surface area (Å²) in [6.45, 7) is 1.54. The van der Waals surface area contributed by atoms with Crippen LogP contribution in [0.1, 0.15) is 12.0 Å². The number of rotatable bonds is 7. The van der Waals surface area contributed by atoms with Crippen molar-refractivity contribution >= 4 is 23.3 Å². The molecule has 0 saturated carbocycles. The molecular weight excluding hydrogens is 409 g/mol. The van der Waals surface area contributed by atoms with Crippen LogP contribution >= 0.6 is 0 Å². The van der Waals surface area contributed by atoms with Crippen molar-refractivity contribution in [1.29, 1.82) is 0 Å². The normalized spacial score (nSPS) is 13.7. The average molecular weight is 433 g/mol. The summed E-state index contributed by atoms with van der Waals surface area (Å²) in [5.41, 5.74) is 2.18. The molecule has 0 unspecified atom stereocenters. The van der Waals surface area contributed by atoms with Gasteiger partial charge in [-0.05, 0) is 54.4 Å². The van der Waals surface area contributed by atoms with E-state index in [1.165, 1.54) is 12.1 Å². The second-order valence-electron chi connectivity index (χ2n) is 7.54. The first kappa shape index (κ1) is 21.4. The van der Waals surface area contributed by atoms with Gasteiger partial charge < -0.3 is 15.0 Å². The maximum atomic E-state index is 13.2. The molecule has 6 nitrogen and oxygen atoms in total. The van der Waals surface area contributed by atoms with Crippen molar-refractivity contribution in [3.8, 4) is 5.75 Å². The van der Waals surface area contributed by atoms with Gasteiger partial charge in [-0.3, -0.25) is 9.69 Å². The van der Waals surface area contributed by atoms with Gasteiger partial charge in [0.25, 0.3) is 5.91 Å². The third-order valence-electron chi connectivity index (χ3n) is 5.15. The summed E-state index contributed by atoms with van der Waals surface area (Å²) in [7, 11) is 0. The van der Waals surface area contributed by atoms with Gasteiger partial charge in [-0.2, -0.15) is 0 Å². The molecule has 0 radical (unpaired) electrons. The SMILES string of the molecule is O=C(COc1ccccc1)Nc1cccc(N2CCCN(Cc3ccc(F)cc3)C2=O)c1. The molecule has 1 aliphatic rings. The summed E-state index contributed by atoms with van der Waals surface area (Å²) in [5, 5.41) is 2.81. The molecule has 164 valence electrons. The van der Waals surface area contributed by atoms with Gasteiger partial charge in [-0.15, -0.1) is 0 Å². The Morgan fingerprint density at radius 3 is 2.53 bits per heavy atom. The number of nitrogens with zero attached hydrogens (tertiary/aromatic N) is 2. The van der Waals surface area contributed by atoms with E-state index in [2.05, 4.69) is 5.32 Å². The first-order valence-corrected chi connectivity index (χ1v) is 10.5. The maximum Gasteiger partial charge on any atom is 0.324 e. The number of anilines is 2. The molecule has 0 spiro atoms. The Bertz CT molecular complexity index is 1070. The lowest BCUT2D eigenvalue weighted by atomic mass is 10.1. The van der Waals surface area contributed by atoms with E-state index in [-0.39, 0.29) is 24.4 Å². The maximum absolute atomic E-state index is 13.2. The van der Waals surface area contributed by atoms with E-state index in [0.29, 0.717) is 36.8 Å². The van der Waals surface area contributed by atoms with Gasteiger partial charge in [-0.1, -0.05) is 36.4 Å². The number of amides is 3. The number of para-hydroxylation sites is 1. The number of carbonyl (C=O) groups is 2. The second kappa shape index (κ2) is 9.96. The van der Waals surface area contributed by atoms with Crippen LogP contribution in [0.15, 0.2) is 78.9 Å². The van der Waals surface area contributed by atoms with Crippen LogP contribution in [0, 0.1) is 5.82 Å². The molecule has 32 heavy (non-hydrogen) atoms. The molecule has 7 heteroatoms. The number of hydrogen-bond acceptors (Lipinski definition) is 3. The molecule has 1 heterocycles. The average Bonchev–Trinajstić information content (AvgIpc) is 2.81. The minimum absolute atomic E-state index is 0.109. The summed E-state index contributed by atoms with van der Waals surface area (Å²) in [4.78, 5) is 28.8. The Kier molecular flexibility index (Phi) is 6.65. The van der Waals surface area contributed by atoms with Crippen molar-refractivity contribution in [2.45, 2.75) is 13.0 Å². The number of urea groups is 1. The zero-order valence-electron chi connectivity index (χ0n) is 17.5. The van der Waals surface area contributed by atoms with Crippen LogP contribution in [0.3, 0.4) is 0 Å². The number of halogens is 1. The summed E-state index contributed by atoms with van der Waals surface area (Å²) in [5.74, 6) is 0.0406. The van der Waals surface area contributed by atoms with E-state index in [4.69, 9.17) is 4.74 Å². The third kappa shape index (κ3) is 5.43. The molecular formula is C25H24FN3O3. The highest BCUT2D eigenvalue weighted by molar-refractivity contribution is 5.95. The van der Waals surface area contributed by atoms with Crippen molar-refractivity contribution < 1.29 is 18.7 Å². The van der Waals surface area contributed by atoms with Crippen LogP contribution in [-0.4, -0.2) is 36.5 Å². The van der Waals surface area contributed by atoms with Crippen LogP contribution in [0.25, 0.3) is 0 Å². The molecule has 1 N–H and O–H groups in total. The van der Waals surface area contributed by atoms with Crippen LogP contribution in [0.5, 0.6) is 5.75 Å². The standard InChI is InChI=1S/C25H24FN3O3/c26-20-12-10-19(11-13-20)17-28-14-5-15-29(25(28)31)22-7-4-6-21(16-22)27-24(30)18-32-23-8-2-1-3-9-23/h1-4,6-13,16H,5,14-15,17-18H2,(H,27,30). The first-order chi connectivity index (χ1) is 15.6. The van der Waals surface area contributed by atoms with Gasteiger partial charge in [0.2, 0.25) is 0 Å². The molecule has 0 aromatic heterocycles. The Morgan fingerprint density at radius 1 is 0.969 bits per heavy atom. The van der Waals surface area contributed by atoms with Gasteiger partial charge in [0.15, 0.2) is 6.61 Å². The zero-order valence-corrected chi connectivity index (χ0v) is 17.5. The summed E-state index contributed by atoms with van der Waals surface area (Å²) in [6.07, 6.45) is 0.814. The van der Waals surface area contributed by atoms with Crippen molar-refractivity contribution in [2.75, 3.05) is 29.9 Å². The third-order valence-corrected chi connectivity index (χ3v) is 5.15. The lowest BCUT2D eigenvalue weighted by Crippen LogP contribution is -2.49. The van der Waals surface area contributed by atoms with E-state index < -0.39 is 0 Å². The van der Waals surface area contributed by atoms with Gasteiger partial charge in [0.1, 0.15) is 11.6 Å². The molecule has 1 fully saturated rings. The molecule has 0 bridgehead atoms. The van der Waals surface area contributed by atoms with E-state index in [9.17, 15) is 14.0 Å². The predicted octanol–water partition coefficient (Wildman–Crippen LogP) is 4.68. The first-order valence-electron chi connectivity index (χ1n) is 10.5. The molecule has 3 aromatic carbocycles. The second-order valence-corrected chi connectivity index (χ2v) is 7.54. The summed E-state index contributed by atoms with van der Waals surface area (Å²) >= 11 is 0. The number of ether oxygens (including phenoxy) is 1. The van der Waals surface area contributed by atoms with E-state index in [0.717, 1.165) is 12.0 Å². The van der Waals surface area contributed by atoms with E-state index in [1.54, 1.807) is 52.3 Å². The van der Waals surface area contributed by atoms with Crippen LogP contribution in [-0.2, 0) is 11.3 Å². The zero-order chi connectivity index (χ0) is 22.3. The Balaban J connectivity index is 1.38. The fourth-order valence-corrected chi connectivity index (χ4v) is 3.59. The van der Waals surface area contributed by atoms with Gasteiger partial charge in [0.05, 0.1) is 0 Å². The molecule has 1 saturated heterocycles. The Morgan fingerprint density at radius 2 is 1.75 bits per heavy atom. The summed E-state index contributed by atoms with van der Waals surface area (Å²) < 4.78 is 18.6. The lowest BCUT2D eigenvalue weighted by Gasteiger charge is -2.36. The van der Waals surface area contributed by atoms with Crippen molar-refractivity contribution in [1.82, 2.24) is 4.90 Å².